The van der Waals surface area contributed by atoms with Gasteiger partial charge in [0.2, 0.25) is 5.91 Å². The summed E-state index contributed by atoms with van der Waals surface area (Å²) in [6.45, 7) is 1.33. The van der Waals surface area contributed by atoms with Gasteiger partial charge in [-0.2, -0.15) is 0 Å². The largest absolute Gasteiger partial charge is 0.335 e. The van der Waals surface area contributed by atoms with E-state index in [0.717, 1.165) is 38.6 Å². The lowest BCUT2D eigenvalue weighted by Gasteiger charge is -2.29. The van der Waals surface area contributed by atoms with Crippen molar-refractivity contribution in [1.29, 1.82) is 0 Å². The summed E-state index contributed by atoms with van der Waals surface area (Å²) < 4.78 is 24.0. The SMILES string of the molecule is CN(C)CCCN(C(=O)c1cccc(NC(=O)C2CCCCC2)c1)[C@@H]1CCS(=O)(=O)C1. The van der Waals surface area contributed by atoms with Gasteiger partial charge in [0.25, 0.3) is 5.91 Å². The maximum atomic E-state index is 13.4. The van der Waals surface area contributed by atoms with Crippen molar-refractivity contribution in [1.82, 2.24) is 9.80 Å². The molecule has 1 aromatic carbocycles. The first-order chi connectivity index (χ1) is 14.7. The van der Waals surface area contributed by atoms with E-state index in [1.165, 1.54) is 6.42 Å². The molecule has 2 aliphatic rings. The van der Waals surface area contributed by atoms with E-state index in [4.69, 9.17) is 0 Å². The number of carbonyl (C=O) groups excluding carboxylic acids is 2. The van der Waals surface area contributed by atoms with Gasteiger partial charge in [0.1, 0.15) is 0 Å². The number of sulfone groups is 1. The average Bonchev–Trinajstić information content (AvgIpc) is 3.10. The highest BCUT2D eigenvalue weighted by molar-refractivity contribution is 7.91. The summed E-state index contributed by atoms with van der Waals surface area (Å²) in [5, 5.41) is 2.97. The molecule has 31 heavy (non-hydrogen) atoms. The lowest BCUT2D eigenvalue weighted by Crippen LogP contribution is -2.42. The molecule has 1 aromatic rings. The molecule has 172 valence electrons. The Balaban J connectivity index is 1.72. The normalized spacial score (nSPS) is 21.2. The van der Waals surface area contributed by atoms with Crippen LogP contribution in [-0.2, 0) is 14.6 Å². The fourth-order valence-corrected chi connectivity index (χ4v) is 6.26. The maximum Gasteiger partial charge on any atom is 0.254 e. The van der Waals surface area contributed by atoms with Gasteiger partial charge in [-0.25, -0.2) is 8.42 Å². The van der Waals surface area contributed by atoms with Gasteiger partial charge in [-0.1, -0.05) is 25.3 Å². The number of hydrogen-bond donors (Lipinski definition) is 1. The Hall–Kier alpha value is -1.93. The van der Waals surface area contributed by atoms with Gasteiger partial charge in [0.05, 0.1) is 11.5 Å². The number of nitrogens with one attached hydrogen (secondary N) is 1. The van der Waals surface area contributed by atoms with Crippen molar-refractivity contribution < 1.29 is 18.0 Å². The highest BCUT2D eigenvalue weighted by atomic mass is 32.2. The third kappa shape index (κ3) is 6.77. The summed E-state index contributed by atoms with van der Waals surface area (Å²) in [5.41, 5.74) is 1.10. The molecule has 1 heterocycles. The van der Waals surface area contributed by atoms with Gasteiger partial charge >= 0.3 is 0 Å². The maximum absolute atomic E-state index is 13.4. The lowest BCUT2D eigenvalue weighted by atomic mass is 9.88. The molecular formula is C23H35N3O4S. The minimum Gasteiger partial charge on any atom is -0.335 e. The van der Waals surface area contributed by atoms with Crippen LogP contribution in [0.2, 0.25) is 0 Å². The van der Waals surface area contributed by atoms with Crippen molar-refractivity contribution in [2.75, 3.05) is 44.0 Å². The Morgan fingerprint density at radius 3 is 2.45 bits per heavy atom. The van der Waals surface area contributed by atoms with Gasteiger partial charge < -0.3 is 15.1 Å². The van der Waals surface area contributed by atoms with Crippen molar-refractivity contribution in [3.63, 3.8) is 0 Å². The zero-order chi connectivity index (χ0) is 22.4. The zero-order valence-corrected chi connectivity index (χ0v) is 19.5. The van der Waals surface area contributed by atoms with Crippen molar-refractivity contribution in [3.8, 4) is 0 Å². The monoisotopic (exact) mass is 449 g/mol. The van der Waals surface area contributed by atoms with Gasteiger partial charge in [0.15, 0.2) is 9.84 Å². The summed E-state index contributed by atoms with van der Waals surface area (Å²) in [6, 6.07) is 6.73. The molecule has 1 aliphatic carbocycles. The van der Waals surface area contributed by atoms with E-state index in [1.807, 2.05) is 14.1 Å². The van der Waals surface area contributed by atoms with E-state index in [9.17, 15) is 18.0 Å². The van der Waals surface area contributed by atoms with E-state index < -0.39 is 9.84 Å². The highest BCUT2D eigenvalue weighted by Gasteiger charge is 2.35. The Labute approximate surface area is 186 Å². The van der Waals surface area contributed by atoms with Crippen LogP contribution in [0, 0.1) is 5.92 Å². The van der Waals surface area contributed by atoms with E-state index in [1.54, 1.807) is 29.2 Å². The van der Waals surface area contributed by atoms with Crippen LogP contribution in [0.3, 0.4) is 0 Å². The Morgan fingerprint density at radius 2 is 1.81 bits per heavy atom. The number of rotatable bonds is 8. The summed E-state index contributed by atoms with van der Waals surface area (Å²) in [4.78, 5) is 29.7. The second kappa shape index (κ2) is 10.6. The van der Waals surface area contributed by atoms with Crippen LogP contribution in [0.25, 0.3) is 0 Å². The number of carbonyl (C=O) groups is 2. The summed E-state index contributed by atoms with van der Waals surface area (Å²) in [5.74, 6) is 0.0498. The molecule has 1 aliphatic heterocycles. The summed E-state index contributed by atoms with van der Waals surface area (Å²) in [7, 11) is 0.858. The topological polar surface area (TPSA) is 86.8 Å². The minimum atomic E-state index is -3.10. The molecule has 0 aromatic heterocycles. The number of anilines is 1. The number of hydrogen-bond acceptors (Lipinski definition) is 5. The highest BCUT2D eigenvalue weighted by Crippen LogP contribution is 2.26. The predicted molar refractivity (Wildman–Crippen MR) is 123 cm³/mol. The molecule has 1 saturated heterocycles. The Morgan fingerprint density at radius 1 is 1.06 bits per heavy atom. The predicted octanol–water partition coefficient (Wildman–Crippen LogP) is 2.79. The molecule has 0 unspecified atom stereocenters. The van der Waals surface area contributed by atoms with E-state index in [2.05, 4.69) is 10.2 Å². The van der Waals surface area contributed by atoms with Crippen LogP contribution in [0.5, 0.6) is 0 Å². The second-order valence-electron chi connectivity index (χ2n) is 9.12. The first-order valence-electron chi connectivity index (χ1n) is 11.3. The van der Waals surface area contributed by atoms with Crippen molar-refractivity contribution in [3.05, 3.63) is 29.8 Å². The molecule has 1 saturated carbocycles. The molecule has 1 N–H and O–H groups in total. The van der Waals surface area contributed by atoms with Crippen LogP contribution < -0.4 is 5.32 Å². The smallest absolute Gasteiger partial charge is 0.254 e. The van der Waals surface area contributed by atoms with Gasteiger partial charge in [-0.05, 0) is 64.5 Å². The third-order valence-corrected chi connectivity index (χ3v) is 8.02. The zero-order valence-electron chi connectivity index (χ0n) is 18.7. The molecule has 2 fully saturated rings. The lowest BCUT2D eigenvalue weighted by molar-refractivity contribution is -0.120. The minimum absolute atomic E-state index is 0.0222. The van der Waals surface area contributed by atoms with Crippen LogP contribution in [0.15, 0.2) is 24.3 Å². The first kappa shape index (κ1) is 23.7. The fraction of sp³-hybridized carbons (Fsp3) is 0.652. The van der Waals surface area contributed by atoms with Gasteiger partial charge in [0, 0.05) is 29.8 Å². The molecule has 0 bridgehead atoms. The number of benzene rings is 1. The number of amides is 2. The van der Waals surface area contributed by atoms with Gasteiger partial charge in [-0.15, -0.1) is 0 Å². The van der Waals surface area contributed by atoms with Crippen molar-refractivity contribution >= 4 is 27.3 Å². The molecule has 7 nitrogen and oxygen atoms in total. The summed E-state index contributed by atoms with van der Waals surface area (Å²) in [6.07, 6.45) is 6.45. The van der Waals surface area contributed by atoms with Crippen LogP contribution in [0.4, 0.5) is 5.69 Å². The number of nitrogens with zero attached hydrogens (tertiary/aromatic N) is 2. The van der Waals surface area contributed by atoms with Crippen LogP contribution in [0.1, 0.15) is 55.3 Å². The Bertz CT molecular complexity index is 879. The van der Waals surface area contributed by atoms with Gasteiger partial charge in [-0.3, -0.25) is 9.59 Å². The molecule has 1 atom stereocenters. The van der Waals surface area contributed by atoms with Crippen LogP contribution in [-0.4, -0.2) is 74.8 Å². The molecule has 3 rings (SSSR count). The fourth-order valence-electron chi connectivity index (χ4n) is 4.53. The average molecular weight is 450 g/mol. The first-order valence-corrected chi connectivity index (χ1v) is 13.1. The summed E-state index contributed by atoms with van der Waals surface area (Å²) >= 11 is 0. The van der Waals surface area contributed by atoms with E-state index in [0.29, 0.717) is 24.2 Å². The van der Waals surface area contributed by atoms with E-state index >= 15 is 0 Å². The molecule has 0 radical (unpaired) electrons. The Kier molecular flexibility index (Phi) is 8.11. The van der Waals surface area contributed by atoms with Crippen LogP contribution >= 0.6 is 0 Å². The standard InChI is InChI=1S/C23H35N3O4S/c1-25(2)13-7-14-26(21-12-15-31(29,30)17-21)23(28)19-10-6-11-20(16-19)24-22(27)18-8-4-3-5-9-18/h6,10-11,16,18,21H,3-5,7-9,12-15,17H2,1-2H3,(H,24,27)/t21-/m1/s1. The molecule has 2 amide bonds. The molecule has 8 heteroatoms. The third-order valence-electron chi connectivity index (χ3n) is 6.27. The van der Waals surface area contributed by atoms with Crippen molar-refractivity contribution in [2.45, 2.75) is 51.0 Å². The van der Waals surface area contributed by atoms with Crippen molar-refractivity contribution in [2.24, 2.45) is 5.92 Å². The molecular weight excluding hydrogens is 414 g/mol. The van der Waals surface area contributed by atoms with E-state index in [-0.39, 0.29) is 35.3 Å². The molecule has 0 spiro atoms. The second-order valence-corrected chi connectivity index (χ2v) is 11.3. The quantitative estimate of drug-likeness (QED) is 0.659.